The minimum atomic E-state index is 0.580. The van der Waals surface area contributed by atoms with E-state index in [9.17, 15) is 0 Å². The molecule has 2 heterocycles. The predicted molar refractivity (Wildman–Crippen MR) is 230 cm³/mol. The molecule has 5 heteroatoms. The lowest BCUT2D eigenvalue weighted by molar-refractivity contribution is 0.420. The molecule has 8 aromatic rings. The molecule has 2 bridgehead atoms. The highest BCUT2D eigenvalue weighted by Gasteiger charge is 2.40. The van der Waals surface area contributed by atoms with E-state index in [0.29, 0.717) is 17.4 Å². The molecule has 0 spiro atoms. The van der Waals surface area contributed by atoms with E-state index in [1.807, 2.05) is 66.7 Å². The van der Waals surface area contributed by atoms with E-state index >= 15 is 0 Å². The Labute approximate surface area is 333 Å². The molecule has 2 aliphatic rings. The second kappa shape index (κ2) is 14.9. The number of hydrogen-bond donors (Lipinski definition) is 0. The zero-order valence-electron chi connectivity index (χ0n) is 31.5. The monoisotopic (exact) mass is 733 g/mol. The van der Waals surface area contributed by atoms with Gasteiger partial charge >= 0.3 is 0 Å². The van der Waals surface area contributed by atoms with Crippen LogP contribution in [0.5, 0.6) is 0 Å². The fourth-order valence-electron chi connectivity index (χ4n) is 8.87. The number of fused-ring (bicyclic) bond motifs is 2. The number of benzene rings is 6. The molecule has 0 amide bonds. The normalized spacial score (nSPS) is 17.0. The Morgan fingerprint density at radius 1 is 0.404 bits per heavy atom. The molecule has 5 nitrogen and oxygen atoms in total. The molecule has 0 saturated heterocycles. The zero-order chi connectivity index (χ0) is 38.1. The maximum atomic E-state index is 7.51. The van der Waals surface area contributed by atoms with Crippen LogP contribution in [0, 0.1) is 18.4 Å². The Balaban J connectivity index is 0.946. The minimum absolute atomic E-state index is 0.580. The van der Waals surface area contributed by atoms with Gasteiger partial charge in [0.25, 0.3) is 0 Å². The molecular weight excluding hydrogens is 695 g/mol. The number of aromatic nitrogens is 4. The molecule has 2 aromatic heterocycles. The summed E-state index contributed by atoms with van der Waals surface area (Å²) in [4.78, 5) is 23.8. The van der Waals surface area contributed by atoms with E-state index in [1.54, 1.807) is 0 Å². The minimum Gasteiger partial charge on any atom is -0.238 e. The van der Waals surface area contributed by atoms with Crippen molar-refractivity contribution in [1.82, 2.24) is 19.9 Å². The van der Waals surface area contributed by atoms with E-state index in [1.165, 1.54) is 31.2 Å². The molecule has 0 N–H and O–H groups in total. The number of nitrogens with zero attached hydrogens (tertiary/aromatic N) is 5. The van der Waals surface area contributed by atoms with Crippen LogP contribution in [0.15, 0.2) is 170 Å². The molecule has 2 aliphatic carbocycles. The van der Waals surface area contributed by atoms with Gasteiger partial charge in [0.05, 0.1) is 29.3 Å². The summed E-state index contributed by atoms with van der Waals surface area (Å²) in [5.41, 5.74) is 13.7. The molecule has 0 aliphatic heterocycles. The average Bonchev–Trinajstić information content (AvgIpc) is 3.94. The van der Waals surface area contributed by atoms with Crippen LogP contribution in [0.25, 0.3) is 83.8 Å². The van der Waals surface area contributed by atoms with Gasteiger partial charge in [-0.3, -0.25) is 0 Å². The van der Waals surface area contributed by atoms with Gasteiger partial charge in [-0.1, -0.05) is 158 Å². The van der Waals surface area contributed by atoms with Crippen LogP contribution in [0.1, 0.15) is 37.2 Å². The highest BCUT2D eigenvalue weighted by Crippen LogP contribution is 2.53. The van der Waals surface area contributed by atoms with E-state index in [-0.39, 0.29) is 0 Å². The third-order valence-electron chi connectivity index (χ3n) is 11.9. The fourth-order valence-corrected chi connectivity index (χ4v) is 8.87. The van der Waals surface area contributed by atoms with Crippen LogP contribution >= 0.6 is 0 Å². The molecule has 3 unspecified atom stereocenters. The van der Waals surface area contributed by atoms with Gasteiger partial charge in [-0.2, -0.15) is 0 Å². The quantitative estimate of drug-likeness (QED) is 0.146. The van der Waals surface area contributed by atoms with Crippen molar-refractivity contribution in [3.63, 3.8) is 0 Å². The highest BCUT2D eigenvalue weighted by molar-refractivity contribution is 5.77. The lowest BCUT2D eigenvalue weighted by Crippen LogP contribution is -2.08. The standard InChI is InChI=1S/C52H39N5/c1-53-45-14-8-13-44(31-45)50-33-47(38-9-4-2-5-10-38)54-52(57-50)42-27-19-36(20-28-42)35-17-23-39(24-18-35)48-32-49(56-51(55-48)41-11-6-3-7-12-41)40-25-21-37(22-26-40)46-30-34-15-16-43(46)29-34/h2-14,17-28,31-34,43,46H,15-16,29-30H2. The van der Waals surface area contributed by atoms with Crippen LogP contribution in [-0.2, 0) is 0 Å². The largest absolute Gasteiger partial charge is 0.238 e. The van der Waals surface area contributed by atoms with Crippen LogP contribution in [0.4, 0.5) is 5.69 Å². The first kappa shape index (κ1) is 34.5. The Morgan fingerprint density at radius 3 is 1.39 bits per heavy atom. The Kier molecular flexibility index (Phi) is 9.01. The third-order valence-corrected chi connectivity index (χ3v) is 11.9. The van der Waals surface area contributed by atoms with Gasteiger partial charge in [0.1, 0.15) is 0 Å². The van der Waals surface area contributed by atoms with Gasteiger partial charge in [0.15, 0.2) is 17.3 Å². The Morgan fingerprint density at radius 2 is 0.860 bits per heavy atom. The van der Waals surface area contributed by atoms with Gasteiger partial charge in [0.2, 0.25) is 0 Å². The van der Waals surface area contributed by atoms with Crippen molar-refractivity contribution >= 4 is 5.69 Å². The van der Waals surface area contributed by atoms with Crippen molar-refractivity contribution in [3.05, 3.63) is 187 Å². The van der Waals surface area contributed by atoms with Crippen molar-refractivity contribution in [2.45, 2.75) is 31.6 Å². The molecule has 57 heavy (non-hydrogen) atoms. The summed E-state index contributed by atoms with van der Waals surface area (Å²) in [5, 5.41) is 0. The van der Waals surface area contributed by atoms with Crippen LogP contribution in [0.3, 0.4) is 0 Å². The lowest BCUT2D eigenvalue weighted by atomic mass is 9.83. The van der Waals surface area contributed by atoms with Crippen molar-refractivity contribution < 1.29 is 0 Å². The molecule has 10 rings (SSSR count). The van der Waals surface area contributed by atoms with Crippen molar-refractivity contribution in [2.24, 2.45) is 11.8 Å². The summed E-state index contributed by atoms with van der Waals surface area (Å²) < 4.78 is 0. The van der Waals surface area contributed by atoms with E-state index in [4.69, 9.17) is 26.5 Å². The third kappa shape index (κ3) is 7.03. The molecule has 272 valence electrons. The van der Waals surface area contributed by atoms with E-state index < -0.39 is 0 Å². The number of hydrogen-bond acceptors (Lipinski definition) is 4. The fraction of sp³-hybridized carbons (Fsp3) is 0.135. The van der Waals surface area contributed by atoms with Crippen LogP contribution in [-0.4, -0.2) is 19.9 Å². The number of rotatable bonds is 8. The van der Waals surface area contributed by atoms with Gasteiger partial charge < -0.3 is 0 Å². The summed E-state index contributed by atoms with van der Waals surface area (Å²) in [6, 6.07) is 58.3. The summed E-state index contributed by atoms with van der Waals surface area (Å²) in [7, 11) is 0. The predicted octanol–water partition coefficient (Wildman–Crippen LogP) is 13.4. The molecule has 2 saturated carbocycles. The van der Waals surface area contributed by atoms with Crippen molar-refractivity contribution in [3.8, 4) is 78.9 Å². The van der Waals surface area contributed by atoms with Gasteiger partial charge in [0, 0.05) is 27.8 Å². The smallest absolute Gasteiger partial charge is 0.187 e. The SMILES string of the molecule is [C-]#[N+]c1cccc(-c2cc(-c3ccccc3)nc(-c3ccc(-c4ccc(-c5cc(-c6ccc(C7CC8CCC7C8)cc6)nc(-c6ccccc6)n5)cc4)cc3)n2)c1. The topological polar surface area (TPSA) is 55.9 Å². The van der Waals surface area contributed by atoms with Crippen molar-refractivity contribution in [2.75, 3.05) is 0 Å². The molecule has 2 fully saturated rings. The molecule has 6 aromatic carbocycles. The Hall–Kier alpha value is -7.03. The van der Waals surface area contributed by atoms with Crippen molar-refractivity contribution in [1.29, 1.82) is 0 Å². The van der Waals surface area contributed by atoms with E-state index in [2.05, 4.69) is 108 Å². The summed E-state index contributed by atoms with van der Waals surface area (Å²) in [6.45, 7) is 7.51. The maximum Gasteiger partial charge on any atom is 0.187 e. The van der Waals surface area contributed by atoms with E-state index in [0.717, 1.165) is 84.9 Å². The first-order chi connectivity index (χ1) is 28.1. The summed E-state index contributed by atoms with van der Waals surface area (Å²) in [5.74, 6) is 3.85. The van der Waals surface area contributed by atoms with Gasteiger partial charge in [-0.25, -0.2) is 24.8 Å². The van der Waals surface area contributed by atoms with Gasteiger partial charge in [-0.05, 0) is 77.5 Å². The lowest BCUT2D eigenvalue weighted by Gasteiger charge is -2.22. The second-order valence-electron chi connectivity index (χ2n) is 15.4. The first-order valence-corrected chi connectivity index (χ1v) is 19.8. The summed E-state index contributed by atoms with van der Waals surface area (Å²) >= 11 is 0. The molecule has 3 atom stereocenters. The molecule has 0 radical (unpaired) electrons. The Bertz CT molecular complexity index is 2740. The van der Waals surface area contributed by atoms with Crippen LogP contribution in [0.2, 0.25) is 0 Å². The maximum absolute atomic E-state index is 7.51. The van der Waals surface area contributed by atoms with Crippen LogP contribution < -0.4 is 0 Å². The first-order valence-electron chi connectivity index (χ1n) is 19.8. The highest BCUT2D eigenvalue weighted by atomic mass is 14.9. The second-order valence-corrected chi connectivity index (χ2v) is 15.4. The summed E-state index contributed by atoms with van der Waals surface area (Å²) in [6.07, 6.45) is 5.56. The molecular formula is C52H39N5. The van der Waals surface area contributed by atoms with Gasteiger partial charge in [-0.15, -0.1) is 0 Å². The zero-order valence-corrected chi connectivity index (χ0v) is 31.5. The average molecular weight is 734 g/mol.